The van der Waals surface area contributed by atoms with Crippen LogP contribution in [0.15, 0.2) is 6.20 Å². The summed E-state index contributed by atoms with van der Waals surface area (Å²) in [5, 5.41) is 24.2. The molecular weight excluding hydrogens is 779 g/mol. The fraction of sp³-hybridized carbons (Fsp3) is 0.775. The number of morpholine rings is 1. The first-order chi connectivity index (χ1) is 29.0. The van der Waals surface area contributed by atoms with E-state index in [1.165, 1.54) is 4.68 Å². The van der Waals surface area contributed by atoms with Crippen molar-refractivity contribution in [3.05, 3.63) is 11.9 Å². The van der Waals surface area contributed by atoms with Crippen molar-refractivity contribution in [3.8, 4) is 12.3 Å². The van der Waals surface area contributed by atoms with Crippen LogP contribution >= 0.6 is 11.8 Å². The number of hydrogen-bond donors (Lipinski definition) is 3. The third kappa shape index (κ3) is 18.6. The van der Waals surface area contributed by atoms with Crippen molar-refractivity contribution in [2.24, 2.45) is 0 Å². The number of carbonyl (C=O) groups excluding carboxylic acids is 2. The van der Waals surface area contributed by atoms with Gasteiger partial charge in [0.2, 0.25) is 29.7 Å². The molecule has 0 saturated carbocycles. The van der Waals surface area contributed by atoms with Crippen molar-refractivity contribution in [2.45, 2.75) is 76.7 Å². The molecule has 1 atom stereocenters. The van der Waals surface area contributed by atoms with Crippen LogP contribution in [-0.2, 0) is 35.0 Å². The van der Waals surface area contributed by atoms with E-state index in [1.807, 2.05) is 4.90 Å². The van der Waals surface area contributed by atoms with Crippen LogP contribution in [0.3, 0.4) is 0 Å². The number of unbranched alkanes of at least 4 members (excludes halogenated alkanes) is 7. The molecule has 0 radical (unpaired) electrons. The van der Waals surface area contributed by atoms with Gasteiger partial charge in [-0.05, 0) is 37.7 Å². The molecule has 0 aliphatic carbocycles. The summed E-state index contributed by atoms with van der Waals surface area (Å²) in [4.78, 5) is 46.2. The minimum absolute atomic E-state index is 0.209. The average molecular weight is 846 g/mol. The van der Waals surface area contributed by atoms with Crippen molar-refractivity contribution in [1.82, 2.24) is 40.2 Å². The second kappa shape index (κ2) is 29.4. The predicted molar refractivity (Wildman–Crippen MR) is 229 cm³/mol. The fourth-order valence-electron chi connectivity index (χ4n) is 6.65. The first kappa shape index (κ1) is 47.9. The Hall–Kier alpha value is -3.80. The molecule has 59 heavy (non-hydrogen) atoms. The number of aliphatic hydroxyl groups excluding tert-OH is 1. The van der Waals surface area contributed by atoms with Gasteiger partial charge in [0.05, 0.1) is 58.5 Å². The summed E-state index contributed by atoms with van der Waals surface area (Å²) in [6.07, 6.45) is 19.7. The van der Waals surface area contributed by atoms with Crippen LogP contribution < -0.4 is 20.4 Å². The lowest BCUT2D eigenvalue weighted by Gasteiger charge is -2.35. The van der Waals surface area contributed by atoms with Crippen molar-refractivity contribution >= 4 is 41.4 Å². The van der Waals surface area contributed by atoms with E-state index in [1.54, 1.807) is 18.0 Å². The summed E-state index contributed by atoms with van der Waals surface area (Å²) in [5.74, 6) is 5.16. The standard InChI is InChI=1S/C40H67N11O7S/c1-3-23-55-27-29-58-30-28-56-24-16-42-38-43-39(45-40(44-38)50-21-25-57-26-22-50)49-19-17-48(18-20-49)36(53)14-10-8-6-4-5-7-9-11-15-41-37(54)35(33-52)51-32-34(46-47-51)13-12-31-59-2/h1,32,35,52H,4-31,33H2,2H3,(H,41,54)(H,42,43,44,45)/t35-/m0/s1. The number of carbonyl (C=O) groups is 2. The number of aromatic nitrogens is 6. The minimum atomic E-state index is -0.757. The molecule has 2 aliphatic rings. The lowest BCUT2D eigenvalue weighted by Crippen LogP contribution is -2.49. The van der Waals surface area contributed by atoms with Crippen molar-refractivity contribution in [2.75, 3.05) is 139 Å². The Labute approximate surface area is 354 Å². The SMILES string of the molecule is C#CCOCCOCCOCCNc1nc(N2CCOCC2)nc(N2CCN(C(=O)CCCCCCCCCCNC(=O)[C@H](CO)n3cc(CCCSC)nn3)CC2)n1. The topological polar surface area (TPSA) is 194 Å². The van der Waals surface area contributed by atoms with E-state index < -0.39 is 6.04 Å². The Balaban J connectivity index is 1.05. The molecule has 4 heterocycles. The third-order valence-corrected chi connectivity index (χ3v) is 10.7. The monoisotopic (exact) mass is 845 g/mol. The number of aryl methyl sites for hydroxylation is 1. The second-order valence-electron chi connectivity index (χ2n) is 14.5. The number of rotatable bonds is 31. The van der Waals surface area contributed by atoms with E-state index >= 15 is 0 Å². The number of amides is 2. The molecule has 19 heteroatoms. The number of thioether (sulfide) groups is 1. The molecule has 2 saturated heterocycles. The van der Waals surface area contributed by atoms with Crippen LogP contribution in [0.2, 0.25) is 0 Å². The molecule has 2 amide bonds. The zero-order valence-electron chi connectivity index (χ0n) is 35.1. The van der Waals surface area contributed by atoms with Gasteiger partial charge < -0.3 is 49.4 Å². The number of nitrogens with one attached hydrogen (secondary N) is 2. The quantitative estimate of drug-likeness (QED) is 0.0738. The molecule has 0 spiro atoms. The van der Waals surface area contributed by atoms with Gasteiger partial charge in [-0.15, -0.1) is 11.5 Å². The predicted octanol–water partition coefficient (Wildman–Crippen LogP) is 2.20. The smallest absolute Gasteiger partial charge is 0.247 e. The lowest BCUT2D eigenvalue weighted by molar-refractivity contribution is -0.131. The molecule has 2 aliphatic heterocycles. The maximum Gasteiger partial charge on any atom is 0.247 e. The summed E-state index contributed by atoms with van der Waals surface area (Å²) in [7, 11) is 0. The number of ether oxygens (including phenoxy) is 4. The van der Waals surface area contributed by atoms with Crippen LogP contribution in [0.25, 0.3) is 0 Å². The van der Waals surface area contributed by atoms with Crippen LogP contribution in [-0.4, -0.2) is 176 Å². The molecule has 2 fully saturated rings. The van der Waals surface area contributed by atoms with Gasteiger partial charge in [-0.1, -0.05) is 49.7 Å². The number of terminal acetylenes is 1. The van der Waals surface area contributed by atoms with Crippen molar-refractivity contribution < 1.29 is 33.6 Å². The second-order valence-corrected chi connectivity index (χ2v) is 15.5. The van der Waals surface area contributed by atoms with Gasteiger partial charge in [0.15, 0.2) is 6.04 Å². The maximum absolute atomic E-state index is 13.1. The molecule has 0 aromatic carbocycles. The number of anilines is 3. The first-order valence-corrected chi connectivity index (χ1v) is 22.7. The van der Waals surface area contributed by atoms with Crippen molar-refractivity contribution in [1.29, 1.82) is 0 Å². The van der Waals surface area contributed by atoms with Gasteiger partial charge in [0.25, 0.3) is 0 Å². The highest BCUT2D eigenvalue weighted by atomic mass is 32.2. The Kier molecular flexibility index (Phi) is 23.9. The molecule has 0 unspecified atom stereocenters. The van der Waals surface area contributed by atoms with E-state index in [4.69, 9.17) is 40.3 Å². The van der Waals surface area contributed by atoms with Gasteiger partial charge in [0, 0.05) is 65.0 Å². The van der Waals surface area contributed by atoms with E-state index in [-0.39, 0.29) is 25.0 Å². The molecule has 2 aromatic heterocycles. The molecule has 2 aromatic rings. The number of nitrogens with zero attached hydrogens (tertiary/aromatic N) is 9. The Morgan fingerprint density at radius 2 is 1.49 bits per heavy atom. The highest BCUT2D eigenvalue weighted by Gasteiger charge is 2.25. The van der Waals surface area contributed by atoms with Crippen molar-refractivity contribution in [3.63, 3.8) is 0 Å². The highest BCUT2D eigenvalue weighted by molar-refractivity contribution is 7.98. The number of aliphatic hydroxyl groups is 1. The van der Waals surface area contributed by atoms with Gasteiger partial charge >= 0.3 is 0 Å². The summed E-state index contributed by atoms with van der Waals surface area (Å²) in [6.45, 7) is 8.65. The van der Waals surface area contributed by atoms with Crippen LogP contribution in [0, 0.1) is 12.3 Å². The van der Waals surface area contributed by atoms with Gasteiger partial charge in [0.1, 0.15) is 6.61 Å². The van der Waals surface area contributed by atoms with Crippen LogP contribution in [0.1, 0.15) is 75.9 Å². The van der Waals surface area contributed by atoms with Crippen LogP contribution in [0.5, 0.6) is 0 Å². The van der Waals surface area contributed by atoms with Gasteiger partial charge in [-0.2, -0.15) is 26.7 Å². The first-order valence-electron chi connectivity index (χ1n) is 21.3. The van der Waals surface area contributed by atoms with E-state index in [2.05, 4.69) is 42.9 Å². The average Bonchev–Trinajstić information content (AvgIpc) is 3.73. The van der Waals surface area contributed by atoms with E-state index in [9.17, 15) is 14.7 Å². The molecule has 0 bridgehead atoms. The maximum atomic E-state index is 13.1. The Morgan fingerprint density at radius 1 is 0.847 bits per heavy atom. The molecule has 330 valence electrons. The highest BCUT2D eigenvalue weighted by Crippen LogP contribution is 2.20. The largest absolute Gasteiger partial charge is 0.394 e. The zero-order valence-corrected chi connectivity index (χ0v) is 35.9. The summed E-state index contributed by atoms with van der Waals surface area (Å²) < 4.78 is 23.4. The molecular formula is C40H67N11O7S. The summed E-state index contributed by atoms with van der Waals surface area (Å²) in [5.41, 5.74) is 0.837. The number of hydrogen-bond acceptors (Lipinski definition) is 16. The number of piperazine rings is 1. The lowest BCUT2D eigenvalue weighted by atomic mass is 10.1. The molecule has 18 nitrogen and oxygen atoms in total. The Bertz CT molecular complexity index is 1500. The minimum Gasteiger partial charge on any atom is -0.394 e. The van der Waals surface area contributed by atoms with Gasteiger partial charge in [-0.3, -0.25) is 9.59 Å². The normalized spacial score (nSPS) is 15.0. The van der Waals surface area contributed by atoms with Gasteiger partial charge in [-0.25, -0.2) is 4.68 Å². The zero-order chi connectivity index (χ0) is 41.8. The summed E-state index contributed by atoms with van der Waals surface area (Å²) >= 11 is 1.79. The van der Waals surface area contributed by atoms with E-state index in [0.29, 0.717) is 123 Å². The Morgan fingerprint density at radius 3 is 2.17 bits per heavy atom. The fourth-order valence-corrected chi connectivity index (χ4v) is 7.09. The summed E-state index contributed by atoms with van der Waals surface area (Å²) in [6, 6.07) is -0.757. The van der Waals surface area contributed by atoms with E-state index in [0.717, 1.165) is 75.7 Å². The van der Waals surface area contributed by atoms with Crippen LogP contribution in [0.4, 0.5) is 17.8 Å². The third-order valence-electron chi connectivity index (χ3n) is 10.0. The molecule has 3 N–H and O–H groups in total. The molecule has 4 rings (SSSR count).